The highest BCUT2D eigenvalue weighted by Gasteiger charge is 2.32. The van der Waals surface area contributed by atoms with Crippen molar-refractivity contribution in [2.24, 2.45) is 0 Å². The summed E-state index contributed by atoms with van der Waals surface area (Å²) in [4.78, 5) is 29.2. The second kappa shape index (κ2) is 14.0. The number of nitrogens with zero attached hydrogens (tertiary/aromatic N) is 1. The molecule has 0 heterocycles. The first kappa shape index (κ1) is 29.2. The SMILES string of the molecule is CC(C)c1ccc(OCC(=O)N(Cc2ccc(Cl)cc2)C(Cc2ccccc2)C(=O)NC2CCCC2)c(Br)c1. The molecule has 1 fully saturated rings. The molecule has 1 aliphatic carbocycles. The molecule has 206 valence electrons. The fourth-order valence-corrected chi connectivity index (χ4v) is 5.56. The number of carbonyl (C=O) groups is 2. The van der Waals surface area contributed by atoms with Crippen LogP contribution < -0.4 is 10.1 Å². The predicted octanol–water partition coefficient (Wildman–Crippen LogP) is 7.30. The molecule has 0 bridgehead atoms. The maximum atomic E-state index is 13.8. The fraction of sp³-hybridized carbons (Fsp3) is 0.375. The third-order valence-corrected chi connectivity index (χ3v) is 8.08. The highest BCUT2D eigenvalue weighted by atomic mass is 79.9. The molecule has 3 aromatic rings. The number of carbonyl (C=O) groups excluding carboxylic acids is 2. The Balaban J connectivity index is 1.60. The van der Waals surface area contributed by atoms with Crippen molar-refractivity contribution in [3.05, 3.63) is 99.0 Å². The molecule has 0 aliphatic heterocycles. The number of rotatable bonds is 11. The van der Waals surface area contributed by atoms with Gasteiger partial charge < -0.3 is 15.0 Å². The summed E-state index contributed by atoms with van der Waals surface area (Å²) in [5.41, 5.74) is 3.06. The van der Waals surface area contributed by atoms with E-state index in [9.17, 15) is 9.59 Å². The van der Waals surface area contributed by atoms with Crippen LogP contribution in [-0.4, -0.2) is 35.4 Å². The monoisotopic (exact) mass is 610 g/mol. The van der Waals surface area contributed by atoms with Gasteiger partial charge in [0.2, 0.25) is 5.91 Å². The molecule has 0 radical (unpaired) electrons. The molecule has 1 N–H and O–H groups in total. The smallest absolute Gasteiger partial charge is 0.261 e. The minimum absolute atomic E-state index is 0.129. The molecule has 7 heteroatoms. The van der Waals surface area contributed by atoms with Gasteiger partial charge in [0, 0.05) is 24.0 Å². The van der Waals surface area contributed by atoms with Crippen molar-refractivity contribution in [3.8, 4) is 5.75 Å². The van der Waals surface area contributed by atoms with Crippen LogP contribution in [0.1, 0.15) is 62.1 Å². The Labute approximate surface area is 245 Å². The van der Waals surface area contributed by atoms with Crippen molar-refractivity contribution in [3.63, 3.8) is 0 Å². The molecule has 0 saturated heterocycles. The van der Waals surface area contributed by atoms with E-state index >= 15 is 0 Å². The molecule has 0 aromatic heterocycles. The van der Waals surface area contributed by atoms with Crippen LogP contribution in [0.2, 0.25) is 5.02 Å². The van der Waals surface area contributed by atoms with E-state index in [1.807, 2.05) is 60.7 Å². The number of nitrogens with one attached hydrogen (secondary N) is 1. The Bertz CT molecular complexity index is 1240. The molecule has 1 aliphatic rings. The quantitative estimate of drug-likeness (QED) is 0.247. The van der Waals surface area contributed by atoms with E-state index in [4.69, 9.17) is 16.3 Å². The summed E-state index contributed by atoms with van der Waals surface area (Å²) in [6.45, 7) is 4.34. The van der Waals surface area contributed by atoms with E-state index in [0.717, 1.165) is 41.3 Å². The van der Waals surface area contributed by atoms with Crippen molar-refractivity contribution in [1.82, 2.24) is 10.2 Å². The largest absolute Gasteiger partial charge is 0.483 e. The average molecular weight is 612 g/mol. The predicted molar refractivity (Wildman–Crippen MR) is 160 cm³/mol. The number of ether oxygens (including phenoxy) is 1. The molecule has 0 spiro atoms. The Morgan fingerprint density at radius 2 is 1.69 bits per heavy atom. The highest BCUT2D eigenvalue weighted by Crippen LogP contribution is 2.29. The van der Waals surface area contributed by atoms with E-state index in [2.05, 4.69) is 35.1 Å². The number of amides is 2. The van der Waals surface area contributed by atoms with Crippen molar-refractivity contribution >= 4 is 39.3 Å². The van der Waals surface area contributed by atoms with Gasteiger partial charge in [-0.05, 0) is 75.6 Å². The van der Waals surface area contributed by atoms with Crippen LogP contribution in [0.4, 0.5) is 0 Å². The number of benzene rings is 3. The number of hydrogen-bond donors (Lipinski definition) is 1. The van der Waals surface area contributed by atoms with Gasteiger partial charge in [-0.1, -0.05) is 86.8 Å². The Kier molecular flexibility index (Phi) is 10.5. The Morgan fingerprint density at radius 3 is 2.33 bits per heavy atom. The summed E-state index contributed by atoms with van der Waals surface area (Å²) in [5, 5.41) is 3.85. The topological polar surface area (TPSA) is 58.6 Å². The summed E-state index contributed by atoms with van der Waals surface area (Å²) in [6.07, 6.45) is 4.57. The van der Waals surface area contributed by atoms with E-state index in [1.54, 1.807) is 17.0 Å². The van der Waals surface area contributed by atoms with Gasteiger partial charge in [-0.2, -0.15) is 0 Å². The summed E-state index contributed by atoms with van der Waals surface area (Å²) >= 11 is 9.70. The maximum absolute atomic E-state index is 13.8. The lowest BCUT2D eigenvalue weighted by atomic mass is 10.0. The molecular formula is C32H36BrClN2O3. The summed E-state index contributed by atoms with van der Waals surface area (Å²) < 4.78 is 6.79. The standard InChI is InChI=1S/C32H36BrClN2O3/c1-22(2)25-14-17-30(28(33)19-25)39-21-31(37)36(20-24-12-15-26(34)16-13-24)29(18-23-8-4-3-5-9-23)32(38)35-27-10-6-7-11-27/h3-5,8-9,12-17,19,22,27,29H,6-7,10-11,18,20-21H2,1-2H3,(H,35,38). The normalized spacial score (nSPS) is 14.3. The van der Waals surface area contributed by atoms with E-state index in [0.29, 0.717) is 23.1 Å². The van der Waals surface area contributed by atoms with Crippen LogP contribution in [0.15, 0.2) is 77.3 Å². The first-order valence-corrected chi connectivity index (χ1v) is 14.8. The van der Waals surface area contributed by atoms with Crippen LogP contribution in [0.5, 0.6) is 5.75 Å². The second-order valence-corrected chi connectivity index (χ2v) is 11.8. The lowest BCUT2D eigenvalue weighted by Gasteiger charge is -2.32. The Morgan fingerprint density at radius 1 is 1.00 bits per heavy atom. The molecule has 2 amide bonds. The first-order chi connectivity index (χ1) is 18.8. The molecule has 1 saturated carbocycles. The molecular weight excluding hydrogens is 576 g/mol. The molecule has 4 rings (SSSR count). The highest BCUT2D eigenvalue weighted by molar-refractivity contribution is 9.10. The zero-order valence-corrected chi connectivity index (χ0v) is 24.9. The summed E-state index contributed by atoms with van der Waals surface area (Å²) in [6, 6.07) is 22.6. The third kappa shape index (κ3) is 8.33. The van der Waals surface area contributed by atoms with Crippen molar-refractivity contribution in [2.75, 3.05) is 6.61 Å². The molecule has 3 aromatic carbocycles. The van der Waals surface area contributed by atoms with Crippen LogP contribution in [0.3, 0.4) is 0 Å². The second-order valence-electron chi connectivity index (χ2n) is 10.5. The van der Waals surface area contributed by atoms with Crippen molar-refractivity contribution in [2.45, 2.75) is 70.5 Å². The van der Waals surface area contributed by atoms with Gasteiger partial charge in [0.15, 0.2) is 6.61 Å². The van der Waals surface area contributed by atoms with Crippen LogP contribution in [-0.2, 0) is 22.6 Å². The average Bonchev–Trinajstić information content (AvgIpc) is 3.44. The molecule has 1 atom stereocenters. The minimum Gasteiger partial charge on any atom is -0.483 e. The van der Waals surface area contributed by atoms with Gasteiger partial charge in [0.05, 0.1) is 4.47 Å². The zero-order chi connectivity index (χ0) is 27.8. The number of hydrogen-bond acceptors (Lipinski definition) is 3. The van der Waals surface area contributed by atoms with Crippen LogP contribution >= 0.6 is 27.5 Å². The maximum Gasteiger partial charge on any atom is 0.261 e. The fourth-order valence-electron chi connectivity index (χ4n) is 4.92. The number of halogens is 2. The van der Waals surface area contributed by atoms with E-state index in [1.165, 1.54) is 5.56 Å². The van der Waals surface area contributed by atoms with Crippen LogP contribution in [0, 0.1) is 0 Å². The third-order valence-electron chi connectivity index (χ3n) is 7.21. The molecule has 39 heavy (non-hydrogen) atoms. The molecule has 5 nitrogen and oxygen atoms in total. The summed E-state index contributed by atoms with van der Waals surface area (Å²) in [7, 11) is 0. The lowest BCUT2D eigenvalue weighted by molar-refractivity contribution is -0.143. The lowest BCUT2D eigenvalue weighted by Crippen LogP contribution is -2.53. The van der Waals surface area contributed by atoms with Crippen LogP contribution in [0.25, 0.3) is 0 Å². The van der Waals surface area contributed by atoms with E-state index < -0.39 is 6.04 Å². The van der Waals surface area contributed by atoms with Gasteiger partial charge in [-0.25, -0.2) is 0 Å². The molecule has 1 unspecified atom stereocenters. The summed E-state index contributed by atoms with van der Waals surface area (Å²) in [5.74, 6) is 0.584. The van der Waals surface area contributed by atoms with Crippen molar-refractivity contribution < 1.29 is 14.3 Å². The van der Waals surface area contributed by atoms with Gasteiger partial charge in [0.25, 0.3) is 5.91 Å². The van der Waals surface area contributed by atoms with Gasteiger partial charge >= 0.3 is 0 Å². The van der Waals surface area contributed by atoms with E-state index in [-0.39, 0.29) is 31.0 Å². The first-order valence-electron chi connectivity index (χ1n) is 13.6. The Hall–Kier alpha value is -2.83. The minimum atomic E-state index is -0.688. The van der Waals surface area contributed by atoms with Crippen molar-refractivity contribution in [1.29, 1.82) is 0 Å². The van der Waals surface area contributed by atoms with Gasteiger partial charge in [0.1, 0.15) is 11.8 Å². The zero-order valence-electron chi connectivity index (χ0n) is 22.5. The van der Waals surface area contributed by atoms with Gasteiger partial charge in [-0.15, -0.1) is 0 Å². The van der Waals surface area contributed by atoms with Gasteiger partial charge in [-0.3, -0.25) is 9.59 Å².